The third-order valence-electron chi connectivity index (χ3n) is 5.01. The Bertz CT molecular complexity index is 824. The predicted octanol–water partition coefficient (Wildman–Crippen LogP) is 6.31. The van der Waals surface area contributed by atoms with Crippen molar-refractivity contribution in [2.24, 2.45) is 0 Å². The van der Waals surface area contributed by atoms with Crippen LogP contribution in [0.25, 0.3) is 0 Å². The molecule has 172 valence electrons. The molecule has 0 heterocycles. The van der Waals surface area contributed by atoms with Crippen LogP contribution >= 0.6 is 0 Å². The quantitative estimate of drug-likeness (QED) is 0.141. The maximum Gasteiger partial charge on any atom is 0.343 e. The van der Waals surface area contributed by atoms with Crippen molar-refractivity contribution in [3.8, 4) is 11.5 Å². The number of carbonyl (C=O) groups is 2. The molecule has 2 aromatic rings. The summed E-state index contributed by atoms with van der Waals surface area (Å²) >= 11 is 0. The van der Waals surface area contributed by atoms with Gasteiger partial charge in [-0.25, -0.2) is 9.59 Å². The Labute approximate surface area is 191 Å². The summed E-state index contributed by atoms with van der Waals surface area (Å²) in [6.45, 7) is 6.57. The summed E-state index contributed by atoms with van der Waals surface area (Å²) in [4.78, 5) is 23.3. The van der Waals surface area contributed by atoms with Crippen LogP contribution in [0.5, 0.6) is 11.5 Å². The van der Waals surface area contributed by atoms with E-state index in [9.17, 15) is 9.59 Å². The molecule has 0 bridgehead atoms. The van der Waals surface area contributed by atoms with Gasteiger partial charge in [0.25, 0.3) is 0 Å². The lowest BCUT2D eigenvalue weighted by molar-refractivity contribution is -0.137. The lowest BCUT2D eigenvalue weighted by Gasteiger charge is -2.08. The smallest absolute Gasteiger partial charge is 0.343 e. The average molecular weight is 439 g/mol. The van der Waals surface area contributed by atoms with Crippen LogP contribution in [0.2, 0.25) is 0 Å². The molecule has 0 radical (unpaired) electrons. The second kappa shape index (κ2) is 14.8. The van der Waals surface area contributed by atoms with Crippen LogP contribution in [0.3, 0.4) is 0 Å². The summed E-state index contributed by atoms with van der Waals surface area (Å²) in [5.74, 6) is 0.510. The highest BCUT2D eigenvalue weighted by molar-refractivity contribution is 5.91. The van der Waals surface area contributed by atoms with Crippen LogP contribution in [-0.4, -0.2) is 25.2 Å². The van der Waals surface area contributed by atoms with E-state index in [0.717, 1.165) is 37.9 Å². The summed E-state index contributed by atoms with van der Waals surface area (Å²) in [5.41, 5.74) is 1.74. The minimum absolute atomic E-state index is 0.378. The molecule has 0 N–H and O–H groups in total. The highest BCUT2D eigenvalue weighted by atomic mass is 16.5. The van der Waals surface area contributed by atoms with Crippen molar-refractivity contribution in [1.82, 2.24) is 0 Å². The minimum atomic E-state index is -0.382. The topological polar surface area (TPSA) is 61.8 Å². The van der Waals surface area contributed by atoms with Gasteiger partial charge in [-0.1, -0.05) is 38.5 Å². The fourth-order valence-electron chi connectivity index (χ4n) is 3.14. The highest BCUT2D eigenvalue weighted by Crippen LogP contribution is 2.18. The number of hydrogen-bond donors (Lipinski definition) is 0. The van der Waals surface area contributed by atoms with Gasteiger partial charge in [0.05, 0.1) is 18.8 Å². The number of ether oxygens (including phenoxy) is 3. The first-order chi connectivity index (χ1) is 15.6. The molecule has 5 heteroatoms. The normalized spacial score (nSPS) is 10.4. The number of benzene rings is 2. The van der Waals surface area contributed by atoms with E-state index in [2.05, 4.69) is 13.5 Å². The molecule has 5 nitrogen and oxygen atoms in total. The van der Waals surface area contributed by atoms with Gasteiger partial charge in [-0.3, -0.25) is 0 Å². The van der Waals surface area contributed by atoms with Crippen molar-refractivity contribution >= 4 is 11.9 Å². The van der Waals surface area contributed by atoms with Crippen molar-refractivity contribution in [1.29, 1.82) is 0 Å². The van der Waals surface area contributed by atoms with Gasteiger partial charge in [-0.2, -0.15) is 0 Å². The maximum absolute atomic E-state index is 12.4. The van der Waals surface area contributed by atoms with E-state index in [1.54, 1.807) is 24.3 Å². The molecule has 0 amide bonds. The van der Waals surface area contributed by atoms with E-state index in [0.29, 0.717) is 24.5 Å². The minimum Gasteiger partial charge on any atom is -0.494 e. The Balaban J connectivity index is 1.65. The number of carbonyl (C=O) groups excluding carboxylic acids is 2. The van der Waals surface area contributed by atoms with Gasteiger partial charge in [0.2, 0.25) is 0 Å². The molecule has 0 saturated heterocycles. The molecule has 2 aromatic carbocycles. The van der Waals surface area contributed by atoms with Crippen LogP contribution < -0.4 is 9.47 Å². The van der Waals surface area contributed by atoms with Crippen LogP contribution in [-0.2, 0) is 16.0 Å². The van der Waals surface area contributed by atoms with E-state index in [1.807, 2.05) is 24.3 Å². The molecular weight excluding hydrogens is 404 g/mol. The van der Waals surface area contributed by atoms with Crippen molar-refractivity contribution < 1.29 is 23.8 Å². The molecular formula is C27H34O5. The molecule has 2 rings (SSSR count). The van der Waals surface area contributed by atoms with Crippen LogP contribution in [0.15, 0.2) is 61.2 Å². The Morgan fingerprint density at radius 1 is 0.812 bits per heavy atom. The summed E-state index contributed by atoms with van der Waals surface area (Å²) in [6, 6.07) is 14.7. The van der Waals surface area contributed by atoms with Gasteiger partial charge in [0.1, 0.15) is 11.5 Å². The largest absolute Gasteiger partial charge is 0.494 e. The zero-order valence-corrected chi connectivity index (χ0v) is 19.0. The zero-order valence-electron chi connectivity index (χ0n) is 19.0. The molecule has 0 unspecified atom stereocenters. The average Bonchev–Trinajstić information content (AvgIpc) is 2.82. The first-order valence-corrected chi connectivity index (χ1v) is 11.5. The third-order valence-corrected chi connectivity index (χ3v) is 5.01. The molecule has 0 aliphatic rings. The first-order valence-electron chi connectivity index (χ1n) is 11.5. The number of esters is 2. The maximum atomic E-state index is 12.4. The second-order valence-electron chi connectivity index (χ2n) is 7.65. The number of unbranched alkanes of at least 4 members (excludes halogenated alkanes) is 5. The third kappa shape index (κ3) is 9.82. The van der Waals surface area contributed by atoms with E-state index >= 15 is 0 Å². The standard InChI is InChI=1S/C27H34O5/c1-3-5-8-11-22-12-16-25(17-13-22)32-27(29)23-14-18-24(19-15-23)30-20-9-6-7-10-21-31-26(28)4-2/h4,12-19H,2-3,5-11,20-21H2,1H3. The summed E-state index contributed by atoms with van der Waals surface area (Å²) in [5, 5.41) is 0. The monoisotopic (exact) mass is 438 g/mol. The van der Waals surface area contributed by atoms with Crippen LogP contribution in [0.4, 0.5) is 0 Å². The summed E-state index contributed by atoms with van der Waals surface area (Å²) in [7, 11) is 0. The lowest BCUT2D eigenvalue weighted by Crippen LogP contribution is -2.08. The summed E-state index contributed by atoms with van der Waals surface area (Å²) in [6.07, 6.45) is 9.54. The second-order valence-corrected chi connectivity index (χ2v) is 7.65. The Morgan fingerprint density at radius 3 is 2.12 bits per heavy atom. The van der Waals surface area contributed by atoms with Gasteiger partial charge in [-0.15, -0.1) is 0 Å². The Hall–Kier alpha value is -3.08. The van der Waals surface area contributed by atoms with Crippen LogP contribution in [0.1, 0.15) is 67.8 Å². The molecule has 32 heavy (non-hydrogen) atoms. The van der Waals surface area contributed by atoms with E-state index in [1.165, 1.54) is 30.9 Å². The van der Waals surface area contributed by atoms with Gasteiger partial charge in [0.15, 0.2) is 0 Å². The molecule has 0 aliphatic heterocycles. The van der Waals surface area contributed by atoms with Crippen molar-refractivity contribution in [3.63, 3.8) is 0 Å². The van der Waals surface area contributed by atoms with Gasteiger partial charge in [-0.05, 0) is 80.5 Å². The van der Waals surface area contributed by atoms with Gasteiger partial charge >= 0.3 is 11.9 Å². The van der Waals surface area contributed by atoms with Crippen molar-refractivity contribution in [3.05, 3.63) is 72.3 Å². The summed E-state index contributed by atoms with van der Waals surface area (Å²) < 4.78 is 16.1. The first kappa shape index (κ1) is 25.2. The Kier molecular flexibility index (Phi) is 11.7. The number of aryl methyl sites for hydroxylation is 1. The SMILES string of the molecule is C=CC(=O)OCCCCCCOc1ccc(C(=O)Oc2ccc(CCCCC)cc2)cc1. The van der Waals surface area contributed by atoms with Crippen molar-refractivity contribution in [2.75, 3.05) is 13.2 Å². The number of hydrogen-bond acceptors (Lipinski definition) is 5. The number of rotatable bonds is 15. The fourth-order valence-corrected chi connectivity index (χ4v) is 3.14. The van der Waals surface area contributed by atoms with E-state index in [-0.39, 0.29) is 11.9 Å². The molecule has 0 aromatic heterocycles. The van der Waals surface area contributed by atoms with Gasteiger partial charge in [0, 0.05) is 6.08 Å². The Morgan fingerprint density at radius 2 is 1.47 bits per heavy atom. The zero-order chi connectivity index (χ0) is 23.0. The van der Waals surface area contributed by atoms with Gasteiger partial charge < -0.3 is 14.2 Å². The molecule has 0 aliphatic carbocycles. The fraction of sp³-hybridized carbons (Fsp3) is 0.407. The van der Waals surface area contributed by atoms with Crippen LogP contribution in [0, 0.1) is 0 Å². The molecule has 0 spiro atoms. The molecule has 0 atom stereocenters. The highest BCUT2D eigenvalue weighted by Gasteiger charge is 2.09. The van der Waals surface area contributed by atoms with Crippen molar-refractivity contribution in [2.45, 2.75) is 58.3 Å². The predicted molar refractivity (Wildman–Crippen MR) is 126 cm³/mol. The molecule has 0 saturated carbocycles. The molecule has 0 fully saturated rings. The van der Waals surface area contributed by atoms with E-state index < -0.39 is 0 Å². The van der Waals surface area contributed by atoms with E-state index in [4.69, 9.17) is 14.2 Å². The lowest BCUT2D eigenvalue weighted by atomic mass is 10.1.